The van der Waals surface area contributed by atoms with Gasteiger partial charge in [-0.3, -0.25) is 0 Å². The smallest absolute Gasteiger partial charge is 0.0966 e. The second kappa shape index (κ2) is 12.5. The lowest BCUT2D eigenvalue weighted by Gasteiger charge is -2.36. The second-order valence-electron chi connectivity index (χ2n) is 8.65. The third-order valence-corrected chi connectivity index (χ3v) is 9.62. The summed E-state index contributed by atoms with van der Waals surface area (Å²) in [4.78, 5) is 3.51. The van der Waals surface area contributed by atoms with Crippen molar-refractivity contribution in [2.75, 3.05) is 0 Å². The molecule has 0 radical (unpaired) electrons. The van der Waals surface area contributed by atoms with E-state index in [2.05, 4.69) is 96.0 Å². The molecule has 0 saturated carbocycles. The Morgan fingerprint density at radius 1 is 0.737 bits per heavy atom. The van der Waals surface area contributed by atoms with Crippen molar-refractivity contribution in [3.63, 3.8) is 0 Å². The van der Waals surface area contributed by atoms with Crippen LogP contribution < -0.4 is 10.4 Å². The average Bonchev–Trinajstić information content (AvgIpc) is 2.99. The Kier molecular flexibility index (Phi) is 8.69. The molecule has 0 aliphatic carbocycles. The Morgan fingerprint density at radius 2 is 1.18 bits per heavy atom. The van der Waals surface area contributed by atoms with Gasteiger partial charge in [0.1, 0.15) is 0 Å². The van der Waals surface area contributed by atoms with Crippen molar-refractivity contribution in [3.8, 4) is 29.6 Å². The largest absolute Gasteiger partial charge is 0.193 e. The van der Waals surface area contributed by atoms with Gasteiger partial charge in [0.05, 0.1) is 17.6 Å². The van der Waals surface area contributed by atoms with E-state index in [4.69, 9.17) is 6.42 Å². The topological polar surface area (TPSA) is 23.8 Å². The molecule has 1 nitrogen and oxygen atoms in total. The van der Waals surface area contributed by atoms with E-state index >= 15 is 0 Å². The van der Waals surface area contributed by atoms with Crippen LogP contribution in [-0.4, -0.2) is 0 Å². The molecular weight excluding hydrogens is 478 g/mol. The molecular formula is C36H29NS. The number of hydrogen-bond acceptors (Lipinski definition) is 1. The summed E-state index contributed by atoms with van der Waals surface area (Å²) in [6.45, 7) is 3.86. The van der Waals surface area contributed by atoms with Crippen LogP contribution in [0.15, 0.2) is 142 Å². The van der Waals surface area contributed by atoms with Gasteiger partial charge in [-0.15, -0.1) is 6.42 Å². The summed E-state index contributed by atoms with van der Waals surface area (Å²) < 4.78 is 0. The predicted molar refractivity (Wildman–Crippen MR) is 160 cm³/mol. The summed E-state index contributed by atoms with van der Waals surface area (Å²) in [5, 5.41) is 15.5. The first-order chi connectivity index (χ1) is 18.7. The molecule has 1 unspecified atom stereocenters. The molecule has 184 valence electrons. The highest BCUT2D eigenvalue weighted by Gasteiger charge is 2.29. The van der Waals surface area contributed by atoms with Crippen LogP contribution in [-0.2, 0) is 0 Å². The maximum Gasteiger partial charge on any atom is 0.0966 e. The molecule has 4 aromatic carbocycles. The maximum absolute atomic E-state index is 9.98. The van der Waals surface area contributed by atoms with Crippen LogP contribution in [0.25, 0.3) is 11.1 Å². The highest BCUT2D eigenvalue weighted by Crippen LogP contribution is 2.67. The van der Waals surface area contributed by atoms with E-state index in [0.717, 1.165) is 16.0 Å². The molecule has 0 saturated heterocycles. The molecule has 1 atom stereocenters. The number of terminal acetylenes is 1. The number of nitrogens with zero attached hydrogens (tertiary/aromatic N) is 1. The normalized spacial score (nSPS) is 13.8. The third-order valence-electron chi connectivity index (χ3n) is 6.27. The summed E-state index contributed by atoms with van der Waals surface area (Å²) in [5.41, 5.74) is 1.42. The second-order valence-corrected chi connectivity index (χ2v) is 11.5. The summed E-state index contributed by atoms with van der Waals surface area (Å²) >= 11 is 0. The molecule has 0 aromatic heterocycles. The zero-order valence-electron chi connectivity index (χ0n) is 21.6. The van der Waals surface area contributed by atoms with Gasteiger partial charge in [-0.1, -0.05) is 113 Å². The molecule has 0 fully saturated rings. The van der Waals surface area contributed by atoms with Crippen molar-refractivity contribution in [1.82, 2.24) is 0 Å². The highest BCUT2D eigenvalue weighted by atomic mass is 32.3. The highest BCUT2D eigenvalue weighted by molar-refractivity contribution is 8.37. The SMILES string of the molecule is C#CC(C)/C(C#N)=c1/cccc/c1=C(C#CS(c1ccccc1)(c1ccccc1)c1ccccc1)/C=C\C. The van der Waals surface area contributed by atoms with Crippen LogP contribution in [0.2, 0.25) is 0 Å². The van der Waals surface area contributed by atoms with Crippen LogP contribution >= 0.6 is 10.0 Å². The Morgan fingerprint density at radius 3 is 1.61 bits per heavy atom. The van der Waals surface area contributed by atoms with E-state index in [1.54, 1.807) is 0 Å². The number of benzene rings is 4. The maximum atomic E-state index is 9.98. The number of nitriles is 1. The summed E-state index contributed by atoms with van der Waals surface area (Å²) in [7, 11) is -1.93. The summed E-state index contributed by atoms with van der Waals surface area (Å²) in [5.74, 6) is 6.00. The number of rotatable bonds is 5. The molecule has 0 amide bonds. The van der Waals surface area contributed by atoms with Gasteiger partial charge >= 0.3 is 0 Å². The minimum atomic E-state index is -1.93. The number of allylic oxidation sites excluding steroid dienone is 2. The molecule has 0 heterocycles. The van der Waals surface area contributed by atoms with Gasteiger partial charge in [0.15, 0.2) is 0 Å². The van der Waals surface area contributed by atoms with E-state index < -0.39 is 10.0 Å². The molecule has 0 aliphatic heterocycles. The van der Waals surface area contributed by atoms with Gasteiger partial charge in [-0.05, 0) is 65.9 Å². The Hall–Kier alpha value is -4.68. The van der Waals surface area contributed by atoms with Crippen LogP contribution in [0.5, 0.6) is 0 Å². The first-order valence-corrected chi connectivity index (χ1v) is 14.1. The van der Waals surface area contributed by atoms with Crippen molar-refractivity contribution in [3.05, 3.63) is 138 Å². The minimum absolute atomic E-state index is 0.302. The molecule has 2 heteroatoms. The lowest BCUT2D eigenvalue weighted by molar-refractivity contribution is 1.01. The first-order valence-electron chi connectivity index (χ1n) is 12.5. The van der Waals surface area contributed by atoms with Crippen molar-refractivity contribution >= 4 is 21.2 Å². The molecule has 4 aromatic rings. The Labute approximate surface area is 227 Å². The molecule has 0 N–H and O–H groups in total. The lowest BCUT2D eigenvalue weighted by atomic mass is 9.98. The third kappa shape index (κ3) is 5.36. The standard InChI is InChI=1S/C36H29NS/c1-4-17-30(34-24-15-16-25-35(34)36(28-37)29(3)5-2)26-27-38(31-18-9-6-10-19-31,32-20-11-7-12-21-32)33-22-13-8-14-23-33/h2,4,6-25,29H,1,3H3/b17-4-,34-30+,36-35-. The molecule has 0 aliphatic rings. The first kappa shape index (κ1) is 26.4. The van der Waals surface area contributed by atoms with Gasteiger partial charge < -0.3 is 0 Å². The van der Waals surface area contributed by atoms with E-state index in [-0.39, 0.29) is 5.92 Å². The van der Waals surface area contributed by atoms with Gasteiger partial charge in [0, 0.05) is 20.3 Å². The van der Waals surface area contributed by atoms with Gasteiger partial charge in [-0.25, -0.2) is 0 Å². The fraction of sp³-hybridized carbons (Fsp3) is 0.0833. The van der Waals surface area contributed by atoms with Crippen molar-refractivity contribution < 1.29 is 0 Å². The minimum Gasteiger partial charge on any atom is -0.193 e. The van der Waals surface area contributed by atoms with Gasteiger partial charge in [0.2, 0.25) is 0 Å². The quantitative estimate of drug-likeness (QED) is 0.260. The van der Waals surface area contributed by atoms with E-state index in [1.165, 1.54) is 14.7 Å². The summed E-state index contributed by atoms with van der Waals surface area (Å²) in [6, 6.07) is 41.8. The zero-order chi connectivity index (χ0) is 26.8. The van der Waals surface area contributed by atoms with E-state index in [1.807, 2.05) is 68.5 Å². The Bertz CT molecular complexity index is 1590. The molecule has 0 bridgehead atoms. The molecule has 38 heavy (non-hydrogen) atoms. The van der Waals surface area contributed by atoms with E-state index in [9.17, 15) is 5.26 Å². The predicted octanol–water partition coefficient (Wildman–Crippen LogP) is 7.30. The van der Waals surface area contributed by atoms with Crippen molar-refractivity contribution in [2.24, 2.45) is 5.92 Å². The Balaban J connectivity index is 2.16. The lowest BCUT2D eigenvalue weighted by Crippen LogP contribution is -2.29. The monoisotopic (exact) mass is 507 g/mol. The fourth-order valence-electron chi connectivity index (χ4n) is 4.38. The van der Waals surface area contributed by atoms with Crippen LogP contribution in [0.4, 0.5) is 0 Å². The van der Waals surface area contributed by atoms with Crippen molar-refractivity contribution in [2.45, 2.75) is 28.5 Å². The van der Waals surface area contributed by atoms with Crippen molar-refractivity contribution in [1.29, 1.82) is 5.26 Å². The molecule has 4 rings (SSSR count). The van der Waals surface area contributed by atoms with Crippen LogP contribution in [0, 0.1) is 40.8 Å². The average molecular weight is 508 g/mol. The van der Waals surface area contributed by atoms with Crippen LogP contribution in [0.3, 0.4) is 0 Å². The zero-order valence-corrected chi connectivity index (χ0v) is 22.5. The molecule has 0 spiro atoms. The van der Waals surface area contributed by atoms with Gasteiger partial charge in [-0.2, -0.15) is 5.26 Å². The van der Waals surface area contributed by atoms with E-state index in [0.29, 0.717) is 5.57 Å². The summed E-state index contributed by atoms with van der Waals surface area (Å²) in [6.07, 6.45) is 9.72. The fourth-order valence-corrected chi connectivity index (χ4v) is 7.51. The van der Waals surface area contributed by atoms with Crippen LogP contribution in [0.1, 0.15) is 13.8 Å². The number of hydrogen-bond donors (Lipinski definition) is 0. The van der Waals surface area contributed by atoms with Gasteiger partial charge in [0.25, 0.3) is 0 Å².